The summed E-state index contributed by atoms with van der Waals surface area (Å²) in [5.41, 5.74) is 0. The molecule has 0 aliphatic carbocycles. The number of aliphatic hydroxyl groups is 6. The Hall–Kier alpha value is -0.320. The van der Waals surface area contributed by atoms with E-state index in [4.69, 9.17) is 24.8 Å². The van der Waals surface area contributed by atoms with Crippen LogP contribution in [0.5, 0.6) is 0 Å². The average Bonchev–Trinajstić information content (AvgIpc) is 2.35. The van der Waals surface area contributed by atoms with E-state index >= 15 is 0 Å². The highest BCUT2D eigenvalue weighted by Crippen LogP contribution is 2.22. The molecule has 2 unspecified atom stereocenters. The third kappa shape index (κ3) is 3.33. The maximum atomic E-state index is 9.56. The van der Waals surface area contributed by atoms with Crippen molar-refractivity contribution in [1.82, 2.24) is 0 Å². The maximum Gasteiger partial charge on any atom is 0.187 e. The number of hydrogen-bond acceptors (Lipinski definition) is 8. The first-order chi connectivity index (χ1) is 8.04. The fourth-order valence-electron chi connectivity index (χ4n) is 1.51. The van der Waals surface area contributed by atoms with E-state index in [1.54, 1.807) is 0 Å². The molecule has 0 radical (unpaired) electrons. The summed E-state index contributed by atoms with van der Waals surface area (Å²) in [7, 11) is 0. The van der Waals surface area contributed by atoms with Crippen LogP contribution in [-0.2, 0) is 9.47 Å². The molecular weight excluding hydrogens is 236 g/mol. The van der Waals surface area contributed by atoms with E-state index in [-0.39, 0.29) is 0 Å². The van der Waals surface area contributed by atoms with Gasteiger partial charge >= 0.3 is 0 Å². The fraction of sp³-hybridized carbons (Fsp3) is 1.00. The molecule has 1 aliphatic rings. The first-order valence-electron chi connectivity index (χ1n) is 5.22. The van der Waals surface area contributed by atoms with Crippen LogP contribution in [-0.4, -0.2) is 87.3 Å². The molecule has 0 aromatic rings. The SMILES string of the molecule is OCC(CO)O[C@@H]1OC(CO)[C@H](O)[C@H](O)C1O. The summed E-state index contributed by atoms with van der Waals surface area (Å²) < 4.78 is 10.0. The first kappa shape index (κ1) is 14.7. The largest absolute Gasteiger partial charge is 0.394 e. The maximum absolute atomic E-state index is 9.56. The molecule has 8 heteroatoms. The molecule has 0 aromatic carbocycles. The number of ether oxygens (including phenoxy) is 2. The summed E-state index contributed by atoms with van der Waals surface area (Å²) in [4.78, 5) is 0. The lowest BCUT2D eigenvalue weighted by molar-refractivity contribution is -0.315. The van der Waals surface area contributed by atoms with Crippen molar-refractivity contribution in [3.63, 3.8) is 0 Å². The van der Waals surface area contributed by atoms with Crippen LogP contribution in [0.2, 0.25) is 0 Å². The quantitative estimate of drug-likeness (QED) is 0.293. The Labute approximate surface area is 97.6 Å². The Kier molecular flexibility index (Phi) is 5.70. The van der Waals surface area contributed by atoms with Gasteiger partial charge in [0.05, 0.1) is 19.8 Å². The smallest absolute Gasteiger partial charge is 0.187 e. The number of hydrogen-bond donors (Lipinski definition) is 6. The van der Waals surface area contributed by atoms with Gasteiger partial charge in [0.1, 0.15) is 30.5 Å². The van der Waals surface area contributed by atoms with E-state index in [2.05, 4.69) is 0 Å². The van der Waals surface area contributed by atoms with Gasteiger partial charge in [0, 0.05) is 0 Å². The summed E-state index contributed by atoms with van der Waals surface area (Å²) >= 11 is 0. The zero-order valence-corrected chi connectivity index (χ0v) is 9.09. The second kappa shape index (κ2) is 6.57. The van der Waals surface area contributed by atoms with Crippen LogP contribution >= 0.6 is 0 Å². The highest BCUT2D eigenvalue weighted by atomic mass is 16.7. The van der Waals surface area contributed by atoms with Crippen molar-refractivity contribution in [2.45, 2.75) is 36.8 Å². The summed E-state index contributed by atoms with van der Waals surface area (Å²) in [6, 6.07) is 0. The van der Waals surface area contributed by atoms with E-state index < -0.39 is 56.6 Å². The molecule has 17 heavy (non-hydrogen) atoms. The van der Waals surface area contributed by atoms with Crippen LogP contribution in [0.25, 0.3) is 0 Å². The lowest BCUT2D eigenvalue weighted by Crippen LogP contribution is -2.60. The van der Waals surface area contributed by atoms with E-state index in [9.17, 15) is 15.3 Å². The zero-order chi connectivity index (χ0) is 13.0. The van der Waals surface area contributed by atoms with Gasteiger partial charge in [-0.1, -0.05) is 0 Å². The molecule has 1 aliphatic heterocycles. The summed E-state index contributed by atoms with van der Waals surface area (Å²) in [6.07, 6.45) is -7.92. The second-order valence-corrected chi connectivity index (χ2v) is 3.82. The van der Waals surface area contributed by atoms with Crippen LogP contribution in [0.15, 0.2) is 0 Å². The van der Waals surface area contributed by atoms with E-state index in [1.165, 1.54) is 0 Å². The Morgan fingerprint density at radius 1 is 0.941 bits per heavy atom. The van der Waals surface area contributed by atoms with Gasteiger partial charge in [-0.25, -0.2) is 0 Å². The molecule has 1 fully saturated rings. The molecule has 8 nitrogen and oxygen atoms in total. The molecule has 1 heterocycles. The van der Waals surface area contributed by atoms with Gasteiger partial charge in [0.25, 0.3) is 0 Å². The lowest BCUT2D eigenvalue weighted by Gasteiger charge is -2.40. The Bertz CT molecular complexity index is 217. The van der Waals surface area contributed by atoms with Crippen molar-refractivity contribution in [3.05, 3.63) is 0 Å². The molecule has 0 aromatic heterocycles. The Morgan fingerprint density at radius 3 is 2.00 bits per heavy atom. The molecule has 0 bridgehead atoms. The van der Waals surface area contributed by atoms with Crippen molar-refractivity contribution in [2.24, 2.45) is 0 Å². The van der Waals surface area contributed by atoms with Crippen LogP contribution in [0.4, 0.5) is 0 Å². The standard InChI is InChI=1S/C9H18O8/c10-1-4(2-11)16-9-8(15)7(14)6(13)5(3-12)17-9/h4-15H,1-3H2/t5?,6-,7-,8?,9+/m0/s1. The summed E-state index contributed by atoms with van der Waals surface area (Å²) in [6.45, 7) is -1.55. The first-order valence-corrected chi connectivity index (χ1v) is 5.22. The van der Waals surface area contributed by atoms with Crippen LogP contribution in [0.3, 0.4) is 0 Å². The predicted molar refractivity (Wildman–Crippen MR) is 52.8 cm³/mol. The van der Waals surface area contributed by atoms with Gasteiger partial charge in [0.15, 0.2) is 6.29 Å². The topological polar surface area (TPSA) is 140 Å². The minimum Gasteiger partial charge on any atom is -0.394 e. The monoisotopic (exact) mass is 254 g/mol. The van der Waals surface area contributed by atoms with Crippen molar-refractivity contribution in [2.75, 3.05) is 19.8 Å². The third-order valence-electron chi connectivity index (χ3n) is 2.58. The van der Waals surface area contributed by atoms with E-state index in [0.29, 0.717) is 0 Å². The molecule has 5 atom stereocenters. The Balaban J connectivity index is 2.65. The summed E-state index contributed by atoms with van der Waals surface area (Å²) in [5, 5.41) is 55.0. The fourth-order valence-corrected chi connectivity index (χ4v) is 1.51. The van der Waals surface area contributed by atoms with Gasteiger partial charge in [-0.2, -0.15) is 0 Å². The second-order valence-electron chi connectivity index (χ2n) is 3.82. The highest BCUT2D eigenvalue weighted by Gasteiger charge is 2.44. The molecule has 1 saturated heterocycles. The van der Waals surface area contributed by atoms with Crippen molar-refractivity contribution < 1.29 is 40.1 Å². The average molecular weight is 254 g/mol. The van der Waals surface area contributed by atoms with Gasteiger partial charge in [-0.3, -0.25) is 0 Å². The van der Waals surface area contributed by atoms with Crippen LogP contribution in [0.1, 0.15) is 0 Å². The van der Waals surface area contributed by atoms with E-state index in [1.807, 2.05) is 0 Å². The molecule has 1 rings (SSSR count). The minimum absolute atomic E-state index is 0.495. The van der Waals surface area contributed by atoms with Gasteiger partial charge in [-0.05, 0) is 0 Å². The molecule has 102 valence electrons. The molecule has 0 spiro atoms. The zero-order valence-electron chi connectivity index (χ0n) is 9.09. The predicted octanol–water partition coefficient (Wildman–Crippen LogP) is -3.84. The number of aliphatic hydroxyl groups excluding tert-OH is 6. The molecule has 6 N–H and O–H groups in total. The van der Waals surface area contributed by atoms with Gasteiger partial charge in [-0.15, -0.1) is 0 Å². The van der Waals surface area contributed by atoms with Gasteiger partial charge < -0.3 is 40.1 Å². The number of rotatable bonds is 5. The van der Waals surface area contributed by atoms with Crippen LogP contribution < -0.4 is 0 Å². The minimum atomic E-state index is -1.54. The lowest BCUT2D eigenvalue weighted by atomic mass is 9.99. The van der Waals surface area contributed by atoms with Crippen LogP contribution in [0, 0.1) is 0 Å². The third-order valence-corrected chi connectivity index (χ3v) is 2.58. The normalized spacial score (nSPS) is 38.6. The molecule has 0 amide bonds. The molecular formula is C9H18O8. The highest BCUT2D eigenvalue weighted by molar-refractivity contribution is 4.89. The summed E-state index contributed by atoms with van der Waals surface area (Å²) in [5.74, 6) is 0. The molecule has 0 saturated carbocycles. The Morgan fingerprint density at radius 2 is 1.53 bits per heavy atom. The van der Waals surface area contributed by atoms with Crippen molar-refractivity contribution in [3.8, 4) is 0 Å². The van der Waals surface area contributed by atoms with Gasteiger partial charge in [0.2, 0.25) is 0 Å². The van der Waals surface area contributed by atoms with Crippen molar-refractivity contribution in [1.29, 1.82) is 0 Å². The van der Waals surface area contributed by atoms with E-state index in [0.717, 1.165) is 0 Å². The van der Waals surface area contributed by atoms with Crippen molar-refractivity contribution >= 4 is 0 Å².